The Labute approximate surface area is 183 Å². The summed E-state index contributed by atoms with van der Waals surface area (Å²) in [5.41, 5.74) is 3.52. The number of ether oxygens (including phenoxy) is 1. The summed E-state index contributed by atoms with van der Waals surface area (Å²) in [5.74, 6) is 1.94. The molecule has 6 rings (SSSR count). The maximum absolute atomic E-state index is 10.2. The van der Waals surface area contributed by atoms with E-state index in [0.717, 1.165) is 38.6 Å². The summed E-state index contributed by atoms with van der Waals surface area (Å²) < 4.78 is 8.22. The van der Waals surface area contributed by atoms with Gasteiger partial charge in [-0.1, -0.05) is 30.3 Å². The Hall–Kier alpha value is -4.45. The number of fused-ring (bicyclic) bond motifs is 4. The highest BCUT2D eigenvalue weighted by Crippen LogP contribution is 2.35. The van der Waals surface area contributed by atoms with Crippen molar-refractivity contribution in [2.24, 2.45) is 0 Å². The third kappa shape index (κ3) is 2.85. The van der Waals surface area contributed by atoms with Gasteiger partial charge in [0.1, 0.15) is 17.0 Å². The van der Waals surface area contributed by atoms with Crippen LogP contribution in [0.3, 0.4) is 0 Å². The largest absolute Gasteiger partial charge is 0.506 e. The first-order valence-electron chi connectivity index (χ1n) is 10.3. The molecule has 6 heteroatoms. The number of aromatic nitrogens is 4. The van der Waals surface area contributed by atoms with Crippen molar-refractivity contribution in [3.05, 3.63) is 90.9 Å². The van der Waals surface area contributed by atoms with Crippen LogP contribution < -0.4 is 4.74 Å². The fourth-order valence-corrected chi connectivity index (χ4v) is 4.21. The molecule has 0 bridgehead atoms. The highest BCUT2D eigenvalue weighted by Gasteiger charge is 2.15. The van der Waals surface area contributed by atoms with Crippen molar-refractivity contribution < 1.29 is 9.84 Å². The van der Waals surface area contributed by atoms with E-state index in [0.29, 0.717) is 17.1 Å². The maximum Gasteiger partial charge on any atom is 0.220 e. The van der Waals surface area contributed by atoms with Gasteiger partial charge in [0.05, 0.1) is 17.2 Å². The molecule has 0 aliphatic carbocycles. The van der Waals surface area contributed by atoms with Crippen LogP contribution in [0.25, 0.3) is 38.5 Å². The number of aryl methyl sites for hydroxylation is 1. The van der Waals surface area contributed by atoms with Gasteiger partial charge < -0.3 is 9.84 Å². The fraction of sp³-hybridized carbons (Fsp3) is 0.0385. The number of para-hydroxylation sites is 2. The molecule has 0 spiro atoms. The van der Waals surface area contributed by atoms with Crippen molar-refractivity contribution in [1.29, 1.82) is 0 Å². The van der Waals surface area contributed by atoms with E-state index >= 15 is 0 Å². The van der Waals surface area contributed by atoms with E-state index in [1.807, 2.05) is 55.5 Å². The van der Waals surface area contributed by atoms with Crippen LogP contribution in [0.15, 0.2) is 85.3 Å². The fourth-order valence-electron chi connectivity index (χ4n) is 4.21. The first-order valence-corrected chi connectivity index (χ1v) is 10.3. The molecule has 3 heterocycles. The summed E-state index contributed by atoms with van der Waals surface area (Å²) in [6.45, 7) is 1.98. The molecule has 0 atom stereocenters. The molecular weight excluding hydrogens is 400 g/mol. The summed E-state index contributed by atoms with van der Waals surface area (Å²) in [6.07, 6.45) is 5.09. The predicted molar refractivity (Wildman–Crippen MR) is 125 cm³/mol. The second-order valence-corrected chi connectivity index (χ2v) is 7.65. The lowest BCUT2D eigenvalue weighted by Crippen LogP contribution is -1.97. The Morgan fingerprint density at radius 2 is 1.69 bits per heavy atom. The number of rotatable bonds is 3. The highest BCUT2D eigenvalue weighted by molar-refractivity contribution is 6.09. The Bertz CT molecular complexity index is 1620. The SMILES string of the molecule is Cc1cc(Oc2ccc3c4ccccc4n(-c4cnccn4)c3c2)nc2c(O)cccc12. The van der Waals surface area contributed by atoms with Crippen LogP contribution in [0.2, 0.25) is 0 Å². The molecule has 0 radical (unpaired) electrons. The van der Waals surface area contributed by atoms with Gasteiger partial charge in [-0.15, -0.1) is 0 Å². The number of phenolic OH excluding ortho intramolecular Hbond substituents is 1. The monoisotopic (exact) mass is 418 g/mol. The molecule has 0 aliphatic rings. The van der Waals surface area contributed by atoms with Gasteiger partial charge in [-0.05, 0) is 36.8 Å². The number of phenols is 1. The van der Waals surface area contributed by atoms with Crippen molar-refractivity contribution in [2.75, 3.05) is 0 Å². The molecule has 0 unspecified atom stereocenters. The van der Waals surface area contributed by atoms with E-state index in [1.165, 1.54) is 0 Å². The lowest BCUT2D eigenvalue weighted by atomic mass is 10.1. The van der Waals surface area contributed by atoms with E-state index in [4.69, 9.17) is 4.74 Å². The Morgan fingerprint density at radius 3 is 2.56 bits per heavy atom. The lowest BCUT2D eigenvalue weighted by molar-refractivity contribution is 0.460. The minimum Gasteiger partial charge on any atom is -0.506 e. The summed E-state index contributed by atoms with van der Waals surface area (Å²) in [4.78, 5) is 13.3. The Balaban J connectivity index is 1.53. The van der Waals surface area contributed by atoms with Gasteiger partial charge in [0.15, 0.2) is 5.82 Å². The van der Waals surface area contributed by atoms with Gasteiger partial charge in [-0.2, -0.15) is 0 Å². The molecule has 6 nitrogen and oxygen atoms in total. The maximum atomic E-state index is 10.2. The van der Waals surface area contributed by atoms with Gasteiger partial charge in [0.25, 0.3) is 0 Å². The van der Waals surface area contributed by atoms with Crippen LogP contribution in [0, 0.1) is 6.92 Å². The molecule has 154 valence electrons. The molecule has 0 fully saturated rings. The normalized spacial score (nSPS) is 11.4. The third-order valence-electron chi connectivity index (χ3n) is 5.65. The zero-order valence-electron chi connectivity index (χ0n) is 17.2. The topological polar surface area (TPSA) is 73.1 Å². The van der Waals surface area contributed by atoms with Crippen molar-refractivity contribution in [3.8, 4) is 23.2 Å². The quantitative estimate of drug-likeness (QED) is 0.386. The van der Waals surface area contributed by atoms with E-state index < -0.39 is 0 Å². The van der Waals surface area contributed by atoms with Crippen molar-refractivity contribution >= 4 is 32.7 Å². The summed E-state index contributed by atoms with van der Waals surface area (Å²) >= 11 is 0. The summed E-state index contributed by atoms with van der Waals surface area (Å²) in [5, 5.41) is 13.4. The van der Waals surface area contributed by atoms with Crippen molar-refractivity contribution in [2.45, 2.75) is 6.92 Å². The minimum atomic E-state index is 0.134. The number of benzene rings is 3. The first kappa shape index (κ1) is 18.3. The summed E-state index contributed by atoms with van der Waals surface area (Å²) in [7, 11) is 0. The molecule has 0 saturated heterocycles. The van der Waals surface area contributed by atoms with Gasteiger partial charge >= 0.3 is 0 Å². The highest BCUT2D eigenvalue weighted by atomic mass is 16.5. The molecular formula is C26H18N4O2. The zero-order chi connectivity index (χ0) is 21.7. The number of nitrogens with zero attached hydrogens (tertiary/aromatic N) is 4. The average Bonchev–Trinajstić information content (AvgIpc) is 3.14. The van der Waals surface area contributed by atoms with E-state index in [1.54, 1.807) is 24.7 Å². The van der Waals surface area contributed by atoms with Crippen molar-refractivity contribution in [1.82, 2.24) is 19.5 Å². The Kier molecular flexibility index (Phi) is 4.04. The van der Waals surface area contributed by atoms with Crippen LogP contribution in [0.1, 0.15) is 5.56 Å². The van der Waals surface area contributed by atoms with Crippen LogP contribution in [0.5, 0.6) is 17.4 Å². The van der Waals surface area contributed by atoms with Crippen LogP contribution >= 0.6 is 0 Å². The number of aromatic hydroxyl groups is 1. The van der Waals surface area contributed by atoms with E-state index in [9.17, 15) is 5.11 Å². The molecule has 0 amide bonds. The molecule has 3 aromatic heterocycles. The average molecular weight is 418 g/mol. The number of hydrogen-bond donors (Lipinski definition) is 1. The molecule has 3 aromatic carbocycles. The smallest absolute Gasteiger partial charge is 0.220 e. The Morgan fingerprint density at radius 1 is 0.844 bits per heavy atom. The van der Waals surface area contributed by atoms with Crippen LogP contribution in [-0.4, -0.2) is 24.6 Å². The molecule has 32 heavy (non-hydrogen) atoms. The third-order valence-corrected chi connectivity index (χ3v) is 5.65. The molecule has 0 aliphatic heterocycles. The van der Waals surface area contributed by atoms with Gasteiger partial charge in [-0.3, -0.25) is 9.55 Å². The van der Waals surface area contributed by atoms with Gasteiger partial charge in [0.2, 0.25) is 5.88 Å². The first-order chi connectivity index (χ1) is 15.7. The minimum absolute atomic E-state index is 0.134. The molecule has 1 N–H and O–H groups in total. The van der Waals surface area contributed by atoms with E-state index in [-0.39, 0.29) is 5.75 Å². The van der Waals surface area contributed by atoms with Gasteiger partial charge in [-0.25, -0.2) is 9.97 Å². The second kappa shape index (κ2) is 7.06. The van der Waals surface area contributed by atoms with Crippen molar-refractivity contribution in [3.63, 3.8) is 0 Å². The molecule has 6 aromatic rings. The summed E-state index contributed by atoms with van der Waals surface area (Å²) in [6, 6.07) is 21.4. The lowest BCUT2D eigenvalue weighted by Gasteiger charge is -2.10. The standard InChI is InChI=1S/C26H18N4O2/c1-16-13-25(29-26-18(16)6-4-8-23(26)31)32-17-9-10-20-19-5-2-3-7-21(19)30(22(20)14-17)24-15-27-11-12-28-24/h2-15,31H,1H3. The number of hydrogen-bond acceptors (Lipinski definition) is 5. The second-order valence-electron chi connectivity index (χ2n) is 7.65. The zero-order valence-corrected chi connectivity index (χ0v) is 17.2. The van der Waals surface area contributed by atoms with Crippen LogP contribution in [0.4, 0.5) is 0 Å². The predicted octanol–water partition coefficient (Wildman–Crippen LogP) is 5.93. The number of pyridine rings is 1. The van der Waals surface area contributed by atoms with E-state index in [2.05, 4.69) is 31.7 Å². The molecule has 0 saturated carbocycles. The van der Waals surface area contributed by atoms with Crippen LogP contribution in [-0.2, 0) is 0 Å². The van der Waals surface area contributed by atoms with Gasteiger partial charge in [0, 0.05) is 40.7 Å².